The summed E-state index contributed by atoms with van der Waals surface area (Å²) in [6, 6.07) is 11.1. The van der Waals surface area contributed by atoms with Crippen molar-refractivity contribution in [2.45, 2.75) is 77.2 Å². The van der Waals surface area contributed by atoms with Crippen LogP contribution in [0.2, 0.25) is 0 Å². The number of aromatic hydroxyl groups is 1. The van der Waals surface area contributed by atoms with Gasteiger partial charge in [0.1, 0.15) is 11.6 Å². The van der Waals surface area contributed by atoms with Crippen LogP contribution in [0.5, 0.6) is 5.75 Å². The number of unbranched alkanes of at least 4 members (excludes halogenated alkanes) is 4. The predicted molar refractivity (Wildman–Crippen MR) is 147 cm³/mol. The van der Waals surface area contributed by atoms with Crippen LogP contribution in [0.3, 0.4) is 0 Å². The lowest BCUT2D eigenvalue weighted by atomic mass is 9.88. The predicted octanol–water partition coefficient (Wildman–Crippen LogP) is 5.17. The van der Waals surface area contributed by atoms with Crippen LogP contribution in [-0.4, -0.2) is 39.7 Å². The fourth-order valence-electron chi connectivity index (χ4n) is 4.52. The zero-order valence-corrected chi connectivity index (χ0v) is 21.5. The van der Waals surface area contributed by atoms with E-state index in [2.05, 4.69) is 22.2 Å². The number of nitrogens with one attached hydrogen (secondary N) is 2. The molecule has 2 atom stereocenters. The number of carbonyl (C=O) groups is 1. The van der Waals surface area contributed by atoms with Crippen molar-refractivity contribution in [1.82, 2.24) is 4.98 Å². The number of benzene rings is 1. The third-order valence-corrected chi connectivity index (χ3v) is 6.41. The number of carboxylic acids is 1. The molecule has 0 aliphatic carbocycles. The fourth-order valence-corrected chi connectivity index (χ4v) is 4.52. The Morgan fingerprint density at radius 3 is 2.42 bits per heavy atom. The number of H-pyrrole nitrogens is 1. The quantitative estimate of drug-likeness (QED) is 0.0723. The van der Waals surface area contributed by atoms with Crippen molar-refractivity contribution in [2.75, 3.05) is 11.9 Å². The maximum atomic E-state index is 11.5. The van der Waals surface area contributed by atoms with Crippen LogP contribution in [0.15, 0.2) is 59.2 Å². The second kappa shape index (κ2) is 16.3. The van der Waals surface area contributed by atoms with Gasteiger partial charge in [-0.2, -0.15) is 0 Å². The summed E-state index contributed by atoms with van der Waals surface area (Å²) < 4.78 is 0. The summed E-state index contributed by atoms with van der Waals surface area (Å²) in [5.41, 5.74) is 12.9. The Bertz CT molecular complexity index is 935. The summed E-state index contributed by atoms with van der Waals surface area (Å²) >= 11 is 0. The van der Waals surface area contributed by atoms with Crippen LogP contribution in [0.25, 0.3) is 0 Å². The Labute approximate surface area is 214 Å². The van der Waals surface area contributed by atoms with Gasteiger partial charge in [-0.25, -0.2) is 9.79 Å². The number of nitrogens with zero attached hydrogens (tertiary/aromatic N) is 1. The van der Waals surface area contributed by atoms with Gasteiger partial charge in [0.15, 0.2) is 5.96 Å². The van der Waals surface area contributed by atoms with Crippen LogP contribution in [0, 0.1) is 5.92 Å². The second-order valence-corrected chi connectivity index (χ2v) is 9.45. The average Bonchev–Trinajstić information content (AvgIpc) is 3.35. The highest BCUT2D eigenvalue weighted by Gasteiger charge is 2.18. The van der Waals surface area contributed by atoms with Gasteiger partial charge in [0.05, 0.1) is 12.6 Å². The standard InChI is InChI=1S/C28H43N5O3/c1-2-3-4-5-6-9-21(18-22-13-15-24(34)16-14-22)10-7-11-25(33-26-12-8-17-31-26)23(19-27(35)36)20-32-28(29)30/h8,12-17,19,21,25,31,33-34H,2-7,9-11,18,20H2,1H3,(H,35,36)(H4,29,30,32). The molecule has 1 aromatic carbocycles. The van der Waals surface area contributed by atoms with E-state index in [1.54, 1.807) is 12.1 Å². The smallest absolute Gasteiger partial charge is 0.328 e. The first-order valence-electron chi connectivity index (χ1n) is 13.0. The number of phenolic OH excluding ortho intramolecular Hbond substituents is 1. The Morgan fingerprint density at radius 2 is 1.78 bits per heavy atom. The lowest BCUT2D eigenvalue weighted by Gasteiger charge is -2.23. The zero-order valence-electron chi connectivity index (χ0n) is 21.5. The molecular weight excluding hydrogens is 454 g/mol. The first-order chi connectivity index (χ1) is 17.4. The van der Waals surface area contributed by atoms with Gasteiger partial charge in [-0.15, -0.1) is 0 Å². The molecule has 2 aromatic rings. The molecule has 0 spiro atoms. The molecule has 8 N–H and O–H groups in total. The van der Waals surface area contributed by atoms with Crippen LogP contribution in [0.4, 0.5) is 5.82 Å². The monoisotopic (exact) mass is 497 g/mol. The number of aliphatic imine (C=N–C) groups is 1. The number of aromatic nitrogens is 1. The van der Waals surface area contributed by atoms with Gasteiger partial charge in [-0.05, 0) is 54.2 Å². The van der Waals surface area contributed by atoms with Gasteiger partial charge in [0.2, 0.25) is 0 Å². The van der Waals surface area contributed by atoms with Crippen molar-refractivity contribution < 1.29 is 15.0 Å². The summed E-state index contributed by atoms with van der Waals surface area (Å²) in [6.07, 6.45) is 14.1. The highest BCUT2D eigenvalue weighted by Crippen LogP contribution is 2.25. The third-order valence-electron chi connectivity index (χ3n) is 6.41. The van der Waals surface area contributed by atoms with Gasteiger partial charge in [0, 0.05) is 12.3 Å². The van der Waals surface area contributed by atoms with E-state index >= 15 is 0 Å². The van der Waals surface area contributed by atoms with Gasteiger partial charge in [-0.1, -0.05) is 70.4 Å². The number of aromatic amines is 1. The first kappa shape index (κ1) is 28.8. The molecule has 0 aliphatic rings. The number of hydrogen-bond acceptors (Lipinski definition) is 4. The average molecular weight is 498 g/mol. The minimum absolute atomic E-state index is 0.0676. The molecule has 36 heavy (non-hydrogen) atoms. The van der Waals surface area contributed by atoms with Crippen LogP contribution in [0.1, 0.15) is 70.3 Å². The van der Waals surface area contributed by atoms with Crippen molar-refractivity contribution in [3.05, 3.63) is 59.8 Å². The number of aliphatic carboxylic acids is 1. The third kappa shape index (κ3) is 11.8. The molecule has 198 valence electrons. The number of anilines is 1. The minimum Gasteiger partial charge on any atom is -0.508 e. The number of rotatable bonds is 18. The summed E-state index contributed by atoms with van der Waals surface area (Å²) in [7, 11) is 0. The maximum Gasteiger partial charge on any atom is 0.328 e. The van der Waals surface area contributed by atoms with E-state index in [1.165, 1.54) is 43.7 Å². The molecule has 8 nitrogen and oxygen atoms in total. The highest BCUT2D eigenvalue weighted by molar-refractivity contribution is 5.81. The topological polar surface area (TPSA) is 150 Å². The molecule has 0 aliphatic heterocycles. The molecule has 0 saturated carbocycles. The Kier molecular flexibility index (Phi) is 13.0. The summed E-state index contributed by atoms with van der Waals surface area (Å²) in [5.74, 6) is 0.532. The van der Waals surface area contributed by atoms with Crippen molar-refractivity contribution in [3.63, 3.8) is 0 Å². The minimum atomic E-state index is -1.02. The van der Waals surface area contributed by atoms with Crippen LogP contribution in [-0.2, 0) is 11.2 Å². The summed E-state index contributed by atoms with van der Waals surface area (Å²) in [5, 5.41) is 22.5. The van der Waals surface area contributed by atoms with Gasteiger partial charge < -0.3 is 32.0 Å². The number of carboxylic acid groups (broad SMARTS) is 1. The summed E-state index contributed by atoms with van der Waals surface area (Å²) in [6.45, 7) is 2.35. The number of phenols is 1. The number of hydrogen-bond donors (Lipinski definition) is 6. The molecule has 0 bridgehead atoms. The van der Waals surface area contributed by atoms with Crippen molar-refractivity contribution in [1.29, 1.82) is 0 Å². The van der Waals surface area contributed by atoms with E-state index in [0.717, 1.165) is 37.9 Å². The Morgan fingerprint density at radius 1 is 1.06 bits per heavy atom. The van der Waals surface area contributed by atoms with E-state index in [-0.39, 0.29) is 24.3 Å². The van der Waals surface area contributed by atoms with Gasteiger partial charge in [-0.3, -0.25) is 0 Å². The van der Waals surface area contributed by atoms with E-state index in [4.69, 9.17) is 11.5 Å². The molecule has 0 radical (unpaired) electrons. The molecule has 8 heteroatoms. The SMILES string of the molecule is CCCCCCCC(CCCC(Nc1ccc[nH]1)C(=CC(=O)O)CN=C(N)N)Cc1ccc(O)cc1. The van der Waals surface area contributed by atoms with Crippen LogP contribution >= 0.6 is 0 Å². The van der Waals surface area contributed by atoms with Crippen molar-refractivity contribution in [2.24, 2.45) is 22.4 Å². The Hall–Kier alpha value is -3.42. The highest BCUT2D eigenvalue weighted by atomic mass is 16.4. The molecule has 0 fully saturated rings. The molecule has 1 heterocycles. The molecule has 0 saturated heterocycles. The summed E-state index contributed by atoms with van der Waals surface area (Å²) in [4.78, 5) is 18.7. The molecule has 1 aromatic heterocycles. The van der Waals surface area contributed by atoms with Crippen molar-refractivity contribution >= 4 is 17.7 Å². The van der Waals surface area contributed by atoms with E-state index in [9.17, 15) is 15.0 Å². The van der Waals surface area contributed by atoms with Crippen LogP contribution < -0.4 is 16.8 Å². The normalized spacial score (nSPS) is 13.2. The molecule has 2 unspecified atom stereocenters. The molecule has 0 amide bonds. The van der Waals surface area contributed by atoms with E-state index < -0.39 is 5.97 Å². The number of guanidine groups is 1. The number of nitrogens with two attached hydrogens (primary N) is 2. The lowest BCUT2D eigenvalue weighted by molar-refractivity contribution is -0.131. The molecular formula is C28H43N5O3. The lowest BCUT2D eigenvalue weighted by Crippen LogP contribution is -2.28. The first-order valence-corrected chi connectivity index (χ1v) is 13.0. The fraction of sp³-hybridized carbons (Fsp3) is 0.500. The second-order valence-electron chi connectivity index (χ2n) is 9.45. The van der Waals surface area contributed by atoms with E-state index in [0.29, 0.717) is 11.5 Å². The maximum absolute atomic E-state index is 11.5. The largest absolute Gasteiger partial charge is 0.508 e. The molecule has 2 rings (SSSR count). The van der Waals surface area contributed by atoms with E-state index in [1.807, 2.05) is 30.5 Å². The van der Waals surface area contributed by atoms with Gasteiger partial charge >= 0.3 is 5.97 Å². The Balaban J connectivity index is 2.08. The van der Waals surface area contributed by atoms with Gasteiger partial charge in [0.25, 0.3) is 0 Å². The zero-order chi connectivity index (χ0) is 26.2. The van der Waals surface area contributed by atoms with Crippen molar-refractivity contribution in [3.8, 4) is 5.75 Å².